The summed E-state index contributed by atoms with van der Waals surface area (Å²) >= 11 is 0. The Hall–Kier alpha value is -1.30. The minimum absolute atomic E-state index is 0.135. The van der Waals surface area contributed by atoms with E-state index in [4.69, 9.17) is 0 Å². The van der Waals surface area contributed by atoms with Crippen LogP contribution in [0.15, 0.2) is 6.07 Å². The van der Waals surface area contributed by atoms with Crippen molar-refractivity contribution < 1.29 is 22.7 Å². The zero-order valence-corrected chi connectivity index (χ0v) is 9.57. The fourth-order valence-corrected chi connectivity index (χ4v) is 2.19. The standard InChI is InChI=1S/C12H13F4NO/c13-7-5-8(14)10(16)11(9(7)15)17-6-12(18)3-1-2-4-12/h5,17-18H,1-4,6H2. The van der Waals surface area contributed by atoms with Crippen molar-refractivity contribution in [2.75, 3.05) is 11.9 Å². The van der Waals surface area contributed by atoms with Gasteiger partial charge in [-0.15, -0.1) is 0 Å². The maximum Gasteiger partial charge on any atom is 0.185 e. The van der Waals surface area contributed by atoms with Crippen LogP contribution in [0, 0.1) is 23.3 Å². The summed E-state index contributed by atoms with van der Waals surface area (Å²) in [6.07, 6.45) is 2.64. The predicted octanol–water partition coefficient (Wildman–Crippen LogP) is 2.96. The first-order valence-corrected chi connectivity index (χ1v) is 5.72. The Balaban J connectivity index is 2.18. The number of anilines is 1. The molecule has 100 valence electrons. The monoisotopic (exact) mass is 263 g/mol. The second-order valence-corrected chi connectivity index (χ2v) is 4.63. The van der Waals surface area contributed by atoms with Gasteiger partial charge in [-0.05, 0) is 12.8 Å². The number of halogens is 4. The third-order valence-corrected chi connectivity index (χ3v) is 3.24. The molecular weight excluding hydrogens is 250 g/mol. The van der Waals surface area contributed by atoms with Gasteiger partial charge in [0.25, 0.3) is 0 Å². The molecule has 0 amide bonds. The first-order valence-electron chi connectivity index (χ1n) is 5.72. The normalized spacial score (nSPS) is 18.1. The highest BCUT2D eigenvalue weighted by Gasteiger charge is 2.31. The molecule has 2 N–H and O–H groups in total. The summed E-state index contributed by atoms with van der Waals surface area (Å²) in [4.78, 5) is 0. The summed E-state index contributed by atoms with van der Waals surface area (Å²) in [6.45, 7) is -0.135. The lowest BCUT2D eigenvalue weighted by molar-refractivity contribution is 0.0613. The van der Waals surface area contributed by atoms with E-state index in [2.05, 4.69) is 5.32 Å². The van der Waals surface area contributed by atoms with Gasteiger partial charge in [0.15, 0.2) is 23.3 Å². The molecule has 0 unspecified atom stereocenters. The number of hydrogen-bond acceptors (Lipinski definition) is 2. The molecule has 1 aliphatic rings. The number of aliphatic hydroxyl groups is 1. The third kappa shape index (κ3) is 2.43. The van der Waals surface area contributed by atoms with Crippen LogP contribution in [0.2, 0.25) is 0 Å². The summed E-state index contributed by atoms with van der Waals surface area (Å²) in [7, 11) is 0. The Morgan fingerprint density at radius 1 is 1.06 bits per heavy atom. The van der Waals surface area contributed by atoms with E-state index in [0.29, 0.717) is 12.8 Å². The molecule has 18 heavy (non-hydrogen) atoms. The first kappa shape index (κ1) is 13.1. The van der Waals surface area contributed by atoms with Crippen LogP contribution in [0.4, 0.5) is 23.2 Å². The molecule has 0 radical (unpaired) electrons. The molecule has 0 spiro atoms. The lowest BCUT2D eigenvalue weighted by Gasteiger charge is -2.23. The van der Waals surface area contributed by atoms with Crippen LogP contribution in [0.5, 0.6) is 0 Å². The minimum Gasteiger partial charge on any atom is -0.388 e. The van der Waals surface area contributed by atoms with Gasteiger partial charge >= 0.3 is 0 Å². The Morgan fingerprint density at radius 3 is 2.06 bits per heavy atom. The van der Waals surface area contributed by atoms with E-state index < -0.39 is 34.6 Å². The van der Waals surface area contributed by atoms with Gasteiger partial charge in [0.2, 0.25) is 0 Å². The highest BCUT2D eigenvalue weighted by Crippen LogP contribution is 2.31. The maximum absolute atomic E-state index is 13.3. The van der Waals surface area contributed by atoms with Crippen LogP contribution in [-0.2, 0) is 0 Å². The Labute approximate surface area is 102 Å². The van der Waals surface area contributed by atoms with E-state index in [-0.39, 0.29) is 12.6 Å². The van der Waals surface area contributed by atoms with E-state index in [1.54, 1.807) is 0 Å². The number of benzene rings is 1. The molecule has 1 saturated carbocycles. The zero-order chi connectivity index (χ0) is 13.3. The van der Waals surface area contributed by atoms with Crippen molar-refractivity contribution in [1.82, 2.24) is 0 Å². The number of hydrogen-bond donors (Lipinski definition) is 2. The number of nitrogens with one attached hydrogen (secondary N) is 1. The van der Waals surface area contributed by atoms with Crippen molar-refractivity contribution in [1.29, 1.82) is 0 Å². The highest BCUT2D eigenvalue weighted by molar-refractivity contribution is 5.47. The average molecular weight is 263 g/mol. The van der Waals surface area contributed by atoms with Gasteiger partial charge < -0.3 is 10.4 Å². The van der Waals surface area contributed by atoms with E-state index in [0.717, 1.165) is 12.8 Å². The lowest BCUT2D eigenvalue weighted by atomic mass is 10.0. The number of rotatable bonds is 3. The van der Waals surface area contributed by atoms with Gasteiger partial charge in [-0.1, -0.05) is 12.8 Å². The lowest BCUT2D eigenvalue weighted by Crippen LogP contribution is -2.34. The third-order valence-electron chi connectivity index (χ3n) is 3.24. The quantitative estimate of drug-likeness (QED) is 0.649. The maximum atomic E-state index is 13.3. The Morgan fingerprint density at radius 2 is 1.56 bits per heavy atom. The largest absolute Gasteiger partial charge is 0.388 e. The summed E-state index contributed by atoms with van der Waals surface area (Å²) in [5.41, 5.74) is -1.94. The molecule has 1 fully saturated rings. The van der Waals surface area contributed by atoms with Crippen molar-refractivity contribution in [2.24, 2.45) is 0 Å². The minimum atomic E-state index is -1.48. The molecule has 0 heterocycles. The highest BCUT2D eigenvalue weighted by atomic mass is 19.2. The van der Waals surface area contributed by atoms with E-state index in [9.17, 15) is 22.7 Å². The van der Waals surface area contributed by atoms with Gasteiger partial charge in [-0.2, -0.15) is 0 Å². The SMILES string of the molecule is OC1(CNc2c(F)c(F)cc(F)c2F)CCCC1. The fourth-order valence-electron chi connectivity index (χ4n) is 2.19. The fraction of sp³-hybridized carbons (Fsp3) is 0.500. The Bertz CT molecular complexity index is 432. The van der Waals surface area contributed by atoms with E-state index in [1.807, 2.05) is 0 Å². The van der Waals surface area contributed by atoms with Gasteiger partial charge in [-0.3, -0.25) is 0 Å². The first-order chi connectivity index (χ1) is 8.43. The van der Waals surface area contributed by atoms with Crippen molar-refractivity contribution >= 4 is 5.69 Å². The molecule has 2 rings (SSSR count). The van der Waals surface area contributed by atoms with Crippen LogP contribution in [0.25, 0.3) is 0 Å². The van der Waals surface area contributed by atoms with Crippen LogP contribution < -0.4 is 5.32 Å². The summed E-state index contributed by atoms with van der Waals surface area (Å²) in [5.74, 6) is -5.88. The molecule has 6 heteroatoms. The van der Waals surface area contributed by atoms with Gasteiger partial charge in [0, 0.05) is 12.6 Å². The van der Waals surface area contributed by atoms with Crippen molar-refractivity contribution in [3.05, 3.63) is 29.3 Å². The summed E-state index contributed by atoms with van der Waals surface area (Å²) < 4.78 is 52.5. The van der Waals surface area contributed by atoms with E-state index in [1.165, 1.54) is 0 Å². The molecule has 1 aromatic rings. The van der Waals surface area contributed by atoms with Crippen LogP contribution >= 0.6 is 0 Å². The van der Waals surface area contributed by atoms with Gasteiger partial charge in [-0.25, -0.2) is 17.6 Å². The molecule has 0 saturated heterocycles. The van der Waals surface area contributed by atoms with Crippen molar-refractivity contribution in [3.8, 4) is 0 Å². The molecule has 0 bridgehead atoms. The summed E-state index contributed by atoms with van der Waals surface area (Å²) in [6, 6.07) is 0.153. The molecule has 0 aromatic heterocycles. The predicted molar refractivity (Wildman–Crippen MR) is 58.2 cm³/mol. The van der Waals surface area contributed by atoms with Crippen LogP contribution in [0.1, 0.15) is 25.7 Å². The second kappa shape index (κ2) is 4.76. The second-order valence-electron chi connectivity index (χ2n) is 4.63. The van der Waals surface area contributed by atoms with Crippen molar-refractivity contribution in [3.63, 3.8) is 0 Å². The van der Waals surface area contributed by atoms with Crippen LogP contribution in [-0.4, -0.2) is 17.3 Å². The zero-order valence-electron chi connectivity index (χ0n) is 9.57. The van der Waals surface area contributed by atoms with E-state index >= 15 is 0 Å². The molecule has 0 aliphatic heterocycles. The van der Waals surface area contributed by atoms with Gasteiger partial charge in [0.05, 0.1) is 5.60 Å². The Kier molecular flexibility index (Phi) is 3.47. The van der Waals surface area contributed by atoms with Gasteiger partial charge in [0.1, 0.15) is 5.69 Å². The molecule has 1 aromatic carbocycles. The average Bonchev–Trinajstić information content (AvgIpc) is 2.74. The summed E-state index contributed by atoms with van der Waals surface area (Å²) in [5, 5.41) is 12.2. The van der Waals surface area contributed by atoms with Crippen LogP contribution in [0.3, 0.4) is 0 Å². The molecular formula is C12H13F4NO. The topological polar surface area (TPSA) is 32.3 Å². The molecule has 1 aliphatic carbocycles. The smallest absolute Gasteiger partial charge is 0.185 e. The van der Waals surface area contributed by atoms with Crippen molar-refractivity contribution in [2.45, 2.75) is 31.3 Å². The molecule has 0 atom stereocenters. The molecule has 2 nitrogen and oxygen atoms in total.